The molecule has 2 heteroatoms. The SMILES string of the molecule is CN(C)c1ccc(N(C)c2ccc3c(c2)CCCC3)cc1. The summed E-state index contributed by atoms with van der Waals surface area (Å²) in [5.74, 6) is 0. The molecule has 0 aromatic heterocycles. The first-order valence-corrected chi connectivity index (χ1v) is 7.78. The first-order chi connectivity index (χ1) is 10.1. The number of aryl methyl sites for hydroxylation is 2. The van der Waals surface area contributed by atoms with E-state index in [4.69, 9.17) is 0 Å². The third-order valence-corrected chi connectivity index (χ3v) is 4.47. The molecule has 0 saturated heterocycles. The van der Waals surface area contributed by atoms with E-state index < -0.39 is 0 Å². The molecule has 0 spiro atoms. The maximum Gasteiger partial charge on any atom is 0.0411 e. The number of hydrogen-bond donors (Lipinski definition) is 0. The molecule has 0 fully saturated rings. The molecule has 0 amide bonds. The van der Waals surface area contributed by atoms with E-state index in [0.717, 1.165) is 0 Å². The molecule has 110 valence electrons. The zero-order valence-corrected chi connectivity index (χ0v) is 13.3. The van der Waals surface area contributed by atoms with E-state index in [9.17, 15) is 0 Å². The quantitative estimate of drug-likeness (QED) is 0.822. The van der Waals surface area contributed by atoms with Crippen molar-refractivity contribution >= 4 is 17.1 Å². The summed E-state index contributed by atoms with van der Waals surface area (Å²) in [5.41, 5.74) is 6.83. The van der Waals surface area contributed by atoms with Gasteiger partial charge in [-0.1, -0.05) is 6.07 Å². The predicted molar refractivity (Wildman–Crippen MR) is 91.9 cm³/mol. The van der Waals surface area contributed by atoms with Crippen LogP contribution in [0.15, 0.2) is 42.5 Å². The summed E-state index contributed by atoms with van der Waals surface area (Å²) in [6.45, 7) is 0. The van der Waals surface area contributed by atoms with Gasteiger partial charge in [-0.05, 0) is 73.2 Å². The molecule has 2 nitrogen and oxygen atoms in total. The van der Waals surface area contributed by atoms with Gasteiger partial charge in [-0.25, -0.2) is 0 Å². The fourth-order valence-corrected chi connectivity index (χ4v) is 3.05. The Labute approximate surface area is 128 Å². The first-order valence-electron chi connectivity index (χ1n) is 7.78. The summed E-state index contributed by atoms with van der Waals surface area (Å²) in [4.78, 5) is 4.40. The average molecular weight is 280 g/mol. The molecule has 1 aliphatic rings. The number of nitrogens with zero attached hydrogens (tertiary/aromatic N) is 2. The average Bonchev–Trinajstić information content (AvgIpc) is 2.54. The minimum atomic E-state index is 1.23. The van der Waals surface area contributed by atoms with Crippen LogP contribution in [0.1, 0.15) is 24.0 Å². The van der Waals surface area contributed by atoms with Crippen LogP contribution < -0.4 is 9.80 Å². The van der Waals surface area contributed by atoms with Crippen molar-refractivity contribution in [3.8, 4) is 0 Å². The van der Waals surface area contributed by atoms with Gasteiger partial charge in [0.1, 0.15) is 0 Å². The molecule has 0 N–H and O–H groups in total. The summed E-state index contributed by atoms with van der Waals surface area (Å²) in [7, 11) is 6.29. The molecule has 1 aliphatic carbocycles. The molecule has 0 radical (unpaired) electrons. The summed E-state index contributed by atoms with van der Waals surface area (Å²) >= 11 is 0. The van der Waals surface area contributed by atoms with Crippen molar-refractivity contribution in [2.45, 2.75) is 25.7 Å². The van der Waals surface area contributed by atoms with E-state index in [2.05, 4.69) is 73.4 Å². The van der Waals surface area contributed by atoms with Gasteiger partial charge in [0.25, 0.3) is 0 Å². The van der Waals surface area contributed by atoms with Crippen molar-refractivity contribution in [3.63, 3.8) is 0 Å². The van der Waals surface area contributed by atoms with Crippen LogP contribution in [0.3, 0.4) is 0 Å². The Hall–Kier alpha value is -1.96. The lowest BCUT2D eigenvalue weighted by molar-refractivity contribution is 0.685. The van der Waals surface area contributed by atoms with Crippen molar-refractivity contribution in [3.05, 3.63) is 53.6 Å². The molecule has 2 aromatic rings. The van der Waals surface area contributed by atoms with Crippen molar-refractivity contribution in [2.75, 3.05) is 30.9 Å². The van der Waals surface area contributed by atoms with Crippen molar-refractivity contribution in [2.24, 2.45) is 0 Å². The third kappa shape index (κ3) is 2.90. The van der Waals surface area contributed by atoms with Crippen LogP contribution in [-0.4, -0.2) is 21.1 Å². The smallest absolute Gasteiger partial charge is 0.0411 e. The highest BCUT2D eigenvalue weighted by Gasteiger charge is 2.11. The minimum Gasteiger partial charge on any atom is -0.378 e. The Balaban J connectivity index is 1.85. The fraction of sp³-hybridized carbons (Fsp3) is 0.368. The Morgan fingerprint density at radius 2 is 1.24 bits per heavy atom. The second kappa shape index (κ2) is 5.80. The highest BCUT2D eigenvalue weighted by Crippen LogP contribution is 2.30. The normalized spacial score (nSPS) is 13.7. The molecule has 0 aliphatic heterocycles. The van der Waals surface area contributed by atoms with Gasteiger partial charge in [-0.2, -0.15) is 0 Å². The second-order valence-electron chi connectivity index (χ2n) is 6.13. The molecular formula is C19H24N2. The molecular weight excluding hydrogens is 256 g/mol. The molecule has 0 bridgehead atoms. The van der Waals surface area contributed by atoms with E-state index in [-0.39, 0.29) is 0 Å². The zero-order valence-electron chi connectivity index (χ0n) is 13.3. The topological polar surface area (TPSA) is 6.48 Å². The Kier molecular flexibility index (Phi) is 3.87. The van der Waals surface area contributed by atoms with Crippen LogP contribution in [0.2, 0.25) is 0 Å². The van der Waals surface area contributed by atoms with E-state index >= 15 is 0 Å². The Morgan fingerprint density at radius 1 is 0.667 bits per heavy atom. The van der Waals surface area contributed by atoms with Crippen LogP contribution in [0.25, 0.3) is 0 Å². The van der Waals surface area contributed by atoms with Gasteiger partial charge < -0.3 is 9.80 Å². The second-order valence-corrected chi connectivity index (χ2v) is 6.13. The number of benzene rings is 2. The molecule has 0 saturated carbocycles. The highest BCUT2D eigenvalue weighted by atomic mass is 15.1. The Morgan fingerprint density at radius 3 is 1.90 bits per heavy atom. The van der Waals surface area contributed by atoms with Gasteiger partial charge in [0.15, 0.2) is 0 Å². The predicted octanol–water partition coefficient (Wildman–Crippen LogP) is 4.40. The van der Waals surface area contributed by atoms with Gasteiger partial charge in [-0.3, -0.25) is 0 Å². The van der Waals surface area contributed by atoms with E-state index in [1.54, 1.807) is 5.56 Å². The molecule has 0 heterocycles. The molecule has 0 unspecified atom stereocenters. The lowest BCUT2D eigenvalue weighted by Crippen LogP contribution is -2.12. The molecule has 0 atom stereocenters. The number of fused-ring (bicyclic) bond motifs is 1. The van der Waals surface area contributed by atoms with Gasteiger partial charge in [0, 0.05) is 38.2 Å². The Bertz CT molecular complexity index is 614. The summed E-state index contributed by atoms with van der Waals surface area (Å²) < 4.78 is 0. The van der Waals surface area contributed by atoms with Crippen molar-refractivity contribution in [1.29, 1.82) is 0 Å². The fourth-order valence-electron chi connectivity index (χ4n) is 3.05. The minimum absolute atomic E-state index is 1.23. The van der Waals surface area contributed by atoms with Crippen LogP contribution in [0.4, 0.5) is 17.1 Å². The first kappa shape index (κ1) is 14.0. The van der Waals surface area contributed by atoms with Crippen molar-refractivity contribution in [1.82, 2.24) is 0 Å². The summed E-state index contributed by atoms with van der Waals surface area (Å²) in [5, 5.41) is 0. The highest BCUT2D eigenvalue weighted by molar-refractivity contribution is 5.66. The maximum atomic E-state index is 2.37. The van der Waals surface area contributed by atoms with Crippen LogP contribution >= 0.6 is 0 Å². The molecule has 3 rings (SSSR count). The van der Waals surface area contributed by atoms with E-state index in [0.29, 0.717) is 0 Å². The monoisotopic (exact) mass is 280 g/mol. The zero-order chi connectivity index (χ0) is 14.8. The lowest BCUT2D eigenvalue weighted by Gasteiger charge is -2.24. The van der Waals surface area contributed by atoms with Crippen LogP contribution in [-0.2, 0) is 12.8 Å². The summed E-state index contributed by atoms with van der Waals surface area (Å²) in [6.07, 6.45) is 5.15. The van der Waals surface area contributed by atoms with Crippen LogP contribution in [0.5, 0.6) is 0 Å². The van der Waals surface area contributed by atoms with E-state index in [1.165, 1.54) is 48.3 Å². The van der Waals surface area contributed by atoms with Gasteiger partial charge >= 0.3 is 0 Å². The largest absolute Gasteiger partial charge is 0.378 e. The molecule has 2 aromatic carbocycles. The van der Waals surface area contributed by atoms with Gasteiger partial charge in [-0.15, -0.1) is 0 Å². The van der Waals surface area contributed by atoms with Gasteiger partial charge in [0.05, 0.1) is 0 Å². The lowest BCUT2D eigenvalue weighted by atomic mass is 9.91. The third-order valence-electron chi connectivity index (χ3n) is 4.47. The molecule has 21 heavy (non-hydrogen) atoms. The standard InChI is InChI=1S/C19H24N2/c1-20(2)17-10-12-18(13-11-17)21(3)19-9-8-15-6-4-5-7-16(15)14-19/h8-14H,4-7H2,1-3H3. The van der Waals surface area contributed by atoms with Crippen LogP contribution in [0, 0.1) is 0 Å². The maximum absolute atomic E-state index is 2.37. The van der Waals surface area contributed by atoms with Gasteiger partial charge in [0.2, 0.25) is 0 Å². The number of anilines is 3. The van der Waals surface area contributed by atoms with E-state index in [1.807, 2.05) is 0 Å². The number of rotatable bonds is 3. The number of hydrogen-bond acceptors (Lipinski definition) is 2. The van der Waals surface area contributed by atoms with Crippen molar-refractivity contribution < 1.29 is 0 Å². The summed E-state index contributed by atoms with van der Waals surface area (Å²) in [6, 6.07) is 15.7.